The molecule has 2 saturated carbocycles. The number of hydrogen-bond donors (Lipinski definition) is 4. The highest BCUT2D eigenvalue weighted by atomic mass is 32.2. The van der Waals surface area contributed by atoms with E-state index in [2.05, 4.69) is 41.7 Å². The molecule has 2 unspecified atom stereocenters. The Hall–Kier alpha value is -3.00. The summed E-state index contributed by atoms with van der Waals surface area (Å²) in [5, 5.41) is 11.4. The fourth-order valence-corrected chi connectivity index (χ4v) is 9.92. The molecule has 0 bridgehead atoms. The van der Waals surface area contributed by atoms with Gasteiger partial charge in [0.05, 0.1) is 11.8 Å². The van der Waals surface area contributed by atoms with Gasteiger partial charge >= 0.3 is 6.03 Å². The highest BCUT2D eigenvalue weighted by Crippen LogP contribution is 2.65. The number of carbonyl (C=O) groups excluding carboxylic acids is 5. The Bertz CT molecular complexity index is 1420. The van der Waals surface area contributed by atoms with Gasteiger partial charge in [-0.05, 0) is 60.7 Å². The fourth-order valence-electron chi connectivity index (χ4n) is 8.31. The van der Waals surface area contributed by atoms with Crippen molar-refractivity contribution in [2.45, 2.75) is 130 Å². The van der Waals surface area contributed by atoms with E-state index in [4.69, 9.17) is 0 Å². The van der Waals surface area contributed by atoms with E-state index in [-0.39, 0.29) is 47.9 Å². The van der Waals surface area contributed by atoms with Crippen molar-refractivity contribution in [2.24, 2.45) is 28.6 Å². The standard InChI is InChI=1S/C37H62N6O7S/c1-8-10-18-26(31(44)33(46)38-19-9-2)39-32(45)30-28-25(37(28,6)7)22-43(30)34(47)29(24-16-12-11-13-17-24)41-35(48)40-27(36(3,4)5)23-42-20-14-15-21-51(42,49)50/h9,24-30H,2,8,10-23H2,1,3-7H3,(H,38,46)(H,39,45)(H2,40,41,48)/t25-,26?,27+,28-,29-,30?/m0/s1. The van der Waals surface area contributed by atoms with E-state index in [1.165, 1.54) is 10.4 Å². The Kier molecular flexibility index (Phi) is 13.4. The average molecular weight is 735 g/mol. The van der Waals surface area contributed by atoms with E-state index >= 15 is 0 Å². The minimum atomic E-state index is -3.42. The topological polar surface area (TPSA) is 174 Å². The van der Waals surface area contributed by atoms with Gasteiger partial charge in [0.15, 0.2) is 0 Å². The third-order valence-corrected chi connectivity index (χ3v) is 13.7. The van der Waals surface area contributed by atoms with E-state index < -0.39 is 63.2 Å². The zero-order valence-corrected chi connectivity index (χ0v) is 32.4. The lowest BCUT2D eigenvalue weighted by Crippen LogP contribution is -2.62. The molecule has 13 nitrogen and oxygen atoms in total. The van der Waals surface area contributed by atoms with Crippen molar-refractivity contribution in [3.05, 3.63) is 12.7 Å². The van der Waals surface area contributed by atoms with Gasteiger partial charge in [-0.2, -0.15) is 4.31 Å². The number of unbranched alkanes of at least 4 members (excludes halogenated alkanes) is 1. The molecule has 14 heteroatoms. The van der Waals surface area contributed by atoms with E-state index in [0.29, 0.717) is 32.4 Å². The molecule has 5 amide bonds. The molecule has 4 aliphatic rings. The summed E-state index contributed by atoms with van der Waals surface area (Å²) in [5.74, 6) is -2.40. The predicted molar refractivity (Wildman–Crippen MR) is 196 cm³/mol. The van der Waals surface area contributed by atoms with E-state index in [9.17, 15) is 32.4 Å². The van der Waals surface area contributed by atoms with Crippen LogP contribution < -0.4 is 21.3 Å². The van der Waals surface area contributed by atoms with Crippen LogP contribution in [0.4, 0.5) is 4.79 Å². The number of hydrogen-bond acceptors (Lipinski definition) is 7. The zero-order valence-electron chi connectivity index (χ0n) is 31.6. The average Bonchev–Trinajstić information content (AvgIpc) is 3.38. The number of nitrogens with zero attached hydrogens (tertiary/aromatic N) is 2. The van der Waals surface area contributed by atoms with Crippen LogP contribution in [0.3, 0.4) is 0 Å². The molecular weight excluding hydrogens is 673 g/mol. The van der Waals surface area contributed by atoms with Gasteiger partial charge in [0.2, 0.25) is 27.6 Å². The largest absolute Gasteiger partial charge is 0.346 e. The third kappa shape index (κ3) is 9.71. The van der Waals surface area contributed by atoms with Gasteiger partial charge in [0.1, 0.15) is 12.1 Å². The molecule has 2 aliphatic carbocycles. The summed E-state index contributed by atoms with van der Waals surface area (Å²) in [7, 11) is -3.42. The van der Waals surface area contributed by atoms with Gasteiger partial charge in [0.25, 0.3) is 5.91 Å². The van der Waals surface area contributed by atoms with Crippen molar-refractivity contribution in [3.63, 3.8) is 0 Å². The van der Waals surface area contributed by atoms with Crippen molar-refractivity contribution in [3.8, 4) is 0 Å². The van der Waals surface area contributed by atoms with Crippen LogP contribution in [-0.4, -0.2) is 103 Å². The maximum absolute atomic E-state index is 14.7. The molecule has 2 saturated heterocycles. The summed E-state index contributed by atoms with van der Waals surface area (Å²) < 4.78 is 27.1. The van der Waals surface area contributed by atoms with Crippen molar-refractivity contribution in [1.29, 1.82) is 0 Å². The molecule has 0 aromatic rings. The van der Waals surface area contributed by atoms with E-state index in [0.717, 1.165) is 44.9 Å². The molecule has 6 atom stereocenters. The lowest BCUT2D eigenvalue weighted by atomic mass is 9.83. The number of rotatable bonds is 15. The summed E-state index contributed by atoms with van der Waals surface area (Å²) >= 11 is 0. The minimum absolute atomic E-state index is 0.0791. The molecule has 0 radical (unpaired) electrons. The Morgan fingerprint density at radius 2 is 1.67 bits per heavy atom. The number of Topliss-reactive ketones (excluding diaryl/α,β-unsaturated/α-hetero) is 1. The number of carbonyl (C=O) groups is 5. The second-order valence-corrected chi connectivity index (χ2v) is 18.8. The van der Waals surface area contributed by atoms with E-state index in [1.54, 1.807) is 4.90 Å². The highest BCUT2D eigenvalue weighted by Gasteiger charge is 2.69. The molecule has 51 heavy (non-hydrogen) atoms. The normalized spacial score (nSPS) is 26.2. The van der Waals surface area contributed by atoms with Crippen LogP contribution >= 0.6 is 0 Å². The monoisotopic (exact) mass is 734 g/mol. The van der Waals surface area contributed by atoms with Crippen molar-refractivity contribution in [1.82, 2.24) is 30.5 Å². The van der Waals surface area contributed by atoms with Gasteiger partial charge in [-0.1, -0.05) is 79.7 Å². The maximum Gasteiger partial charge on any atom is 0.315 e. The SMILES string of the molecule is C=CCNC(=O)C(=O)C(CCCC)NC(=O)C1[C@@H]2[C@H](CN1C(=O)[C@@H](NC(=O)N[C@H](CN1CCCCS1(=O)=O)C(C)(C)C)C1CCCCC1)C2(C)C. The van der Waals surface area contributed by atoms with Crippen LogP contribution in [-0.2, 0) is 29.2 Å². The van der Waals surface area contributed by atoms with Gasteiger partial charge in [-0.15, -0.1) is 6.58 Å². The van der Waals surface area contributed by atoms with Crippen LogP contribution in [0.15, 0.2) is 12.7 Å². The number of amides is 5. The number of fused-ring (bicyclic) bond motifs is 1. The molecule has 288 valence electrons. The molecule has 2 heterocycles. The van der Waals surface area contributed by atoms with Crippen LogP contribution in [0.25, 0.3) is 0 Å². The predicted octanol–water partition coefficient (Wildman–Crippen LogP) is 3.10. The Labute approximate surface area is 304 Å². The molecule has 4 rings (SSSR count). The fraction of sp³-hybridized carbons (Fsp3) is 0.811. The Morgan fingerprint density at radius 3 is 2.27 bits per heavy atom. The number of piperidine rings is 1. The quantitative estimate of drug-likeness (QED) is 0.148. The smallest absolute Gasteiger partial charge is 0.315 e. The van der Waals surface area contributed by atoms with Crippen molar-refractivity contribution < 1.29 is 32.4 Å². The number of sulfonamides is 1. The first-order valence-electron chi connectivity index (χ1n) is 19.0. The zero-order chi connectivity index (χ0) is 37.7. The lowest BCUT2D eigenvalue weighted by Gasteiger charge is -2.39. The van der Waals surface area contributed by atoms with Gasteiger partial charge in [-0.25, -0.2) is 13.2 Å². The highest BCUT2D eigenvalue weighted by molar-refractivity contribution is 7.89. The number of likely N-dealkylation sites (tertiary alicyclic amines) is 1. The molecule has 0 spiro atoms. The van der Waals surface area contributed by atoms with Crippen LogP contribution in [0.2, 0.25) is 0 Å². The third-order valence-electron chi connectivity index (χ3n) is 11.7. The molecule has 4 fully saturated rings. The van der Waals surface area contributed by atoms with Gasteiger partial charge in [0, 0.05) is 32.2 Å². The molecule has 2 aliphatic heterocycles. The first kappa shape index (κ1) is 40.8. The number of ketones is 1. The molecular formula is C37H62N6O7S. The minimum Gasteiger partial charge on any atom is -0.346 e. The Morgan fingerprint density at radius 1 is 0.980 bits per heavy atom. The lowest BCUT2D eigenvalue weighted by molar-refractivity contribution is -0.144. The number of urea groups is 1. The summed E-state index contributed by atoms with van der Waals surface area (Å²) in [5.41, 5.74) is -0.670. The summed E-state index contributed by atoms with van der Waals surface area (Å²) in [6, 6.07) is -3.84. The van der Waals surface area contributed by atoms with Crippen molar-refractivity contribution in [2.75, 3.05) is 31.9 Å². The molecule has 0 aromatic carbocycles. The van der Waals surface area contributed by atoms with E-state index in [1.807, 2.05) is 27.7 Å². The summed E-state index contributed by atoms with van der Waals surface area (Å²) in [6.07, 6.45) is 8.93. The molecule has 4 N–H and O–H groups in total. The van der Waals surface area contributed by atoms with Crippen molar-refractivity contribution >= 4 is 39.6 Å². The molecule has 0 aromatic heterocycles. The first-order valence-corrected chi connectivity index (χ1v) is 20.6. The maximum atomic E-state index is 14.7. The second-order valence-electron chi connectivity index (χ2n) is 16.7. The van der Waals surface area contributed by atoms with Crippen LogP contribution in [0.5, 0.6) is 0 Å². The van der Waals surface area contributed by atoms with Crippen LogP contribution in [0, 0.1) is 28.6 Å². The number of nitrogens with one attached hydrogen (secondary N) is 4. The van der Waals surface area contributed by atoms with Gasteiger partial charge in [-0.3, -0.25) is 19.2 Å². The van der Waals surface area contributed by atoms with Crippen LogP contribution in [0.1, 0.15) is 106 Å². The summed E-state index contributed by atoms with van der Waals surface area (Å²) in [6.45, 7) is 16.5. The Balaban J connectivity index is 1.56. The first-order chi connectivity index (χ1) is 23.9. The second kappa shape index (κ2) is 16.8. The van der Waals surface area contributed by atoms with Gasteiger partial charge < -0.3 is 26.2 Å². The summed E-state index contributed by atoms with van der Waals surface area (Å²) in [4.78, 5) is 70.0.